The van der Waals surface area contributed by atoms with Crippen LogP contribution in [0.15, 0.2) is 47.6 Å². The number of hydrogen-bond acceptors (Lipinski definition) is 6. The summed E-state index contributed by atoms with van der Waals surface area (Å²) in [7, 11) is -0.195. The van der Waals surface area contributed by atoms with Crippen LogP contribution >= 0.6 is 0 Å². The first kappa shape index (κ1) is 21.6. The van der Waals surface area contributed by atoms with Crippen LogP contribution in [0.2, 0.25) is 0 Å². The first-order chi connectivity index (χ1) is 14.3. The summed E-state index contributed by atoms with van der Waals surface area (Å²) in [6.45, 7) is 2.09. The number of amides is 1. The van der Waals surface area contributed by atoms with E-state index in [0.29, 0.717) is 30.2 Å². The van der Waals surface area contributed by atoms with Crippen molar-refractivity contribution >= 4 is 27.3 Å². The summed E-state index contributed by atoms with van der Waals surface area (Å²) in [6.07, 6.45) is 0.840. The standard InChI is InChI=1S/C21H25N3O5S/c1-4-30(26,27)23-17-8-6-16(7-9-17)18-11-12-24(22-18)21(25)14-15-5-10-19(28-2)20(13-15)29-3/h5-10,13,23H,4,11-12,14H2,1-3H3. The summed E-state index contributed by atoms with van der Waals surface area (Å²) in [5, 5.41) is 5.93. The van der Waals surface area contributed by atoms with E-state index in [1.807, 2.05) is 6.07 Å². The van der Waals surface area contributed by atoms with Crippen LogP contribution in [0, 0.1) is 0 Å². The zero-order valence-corrected chi connectivity index (χ0v) is 18.0. The number of methoxy groups -OCH3 is 2. The molecule has 0 radical (unpaired) electrons. The number of ether oxygens (including phenoxy) is 2. The first-order valence-corrected chi connectivity index (χ1v) is 11.2. The second-order valence-electron chi connectivity index (χ2n) is 6.76. The van der Waals surface area contributed by atoms with Crippen LogP contribution in [0.5, 0.6) is 11.5 Å². The number of sulfonamides is 1. The fourth-order valence-corrected chi connectivity index (χ4v) is 3.72. The molecule has 0 saturated heterocycles. The molecule has 0 aromatic heterocycles. The molecule has 0 fully saturated rings. The maximum atomic E-state index is 12.7. The maximum Gasteiger partial charge on any atom is 0.247 e. The number of carbonyl (C=O) groups is 1. The molecule has 0 bridgehead atoms. The normalized spacial score (nSPS) is 13.7. The number of benzene rings is 2. The van der Waals surface area contributed by atoms with Gasteiger partial charge in [-0.2, -0.15) is 5.10 Å². The van der Waals surface area contributed by atoms with Gasteiger partial charge in [0.05, 0.1) is 38.6 Å². The van der Waals surface area contributed by atoms with Crippen molar-refractivity contribution in [1.29, 1.82) is 0 Å². The van der Waals surface area contributed by atoms with Gasteiger partial charge in [-0.25, -0.2) is 13.4 Å². The summed E-state index contributed by atoms with van der Waals surface area (Å²) in [4.78, 5) is 12.7. The molecule has 8 nitrogen and oxygen atoms in total. The van der Waals surface area contributed by atoms with Gasteiger partial charge in [0, 0.05) is 12.1 Å². The molecule has 0 saturated carbocycles. The van der Waals surface area contributed by atoms with Gasteiger partial charge in [0.2, 0.25) is 15.9 Å². The largest absolute Gasteiger partial charge is 0.493 e. The Hall–Kier alpha value is -3.07. The van der Waals surface area contributed by atoms with E-state index in [1.165, 1.54) is 5.01 Å². The summed E-state index contributed by atoms with van der Waals surface area (Å²) < 4.78 is 36.3. The predicted molar refractivity (Wildman–Crippen MR) is 116 cm³/mol. The lowest BCUT2D eigenvalue weighted by Crippen LogP contribution is -2.25. The summed E-state index contributed by atoms with van der Waals surface area (Å²) in [5.74, 6) is 1.09. The van der Waals surface area contributed by atoms with E-state index in [0.717, 1.165) is 16.8 Å². The van der Waals surface area contributed by atoms with E-state index in [4.69, 9.17) is 9.47 Å². The highest BCUT2D eigenvalue weighted by Crippen LogP contribution is 2.28. The lowest BCUT2D eigenvalue weighted by Gasteiger charge is -2.13. The van der Waals surface area contributed by atoms with Crippen molar-refractivity contribution in [3.63, 3.8) is 0 Å². The molecule has 1 amide bonds. The van der Waals surface area contributed by atoms with E-state index in [1.54, 1.807) is 57.5 Å². The molecule has 30 heavy (non-hydrogen) atoms. The second-order valence-corrected chi connectivity index (χ2v) is 8.77. The van der Waals surface area contributed by atoms with Crippen molar-refractivity contribution in [3.8, 4) is 11.5 Å². The summed E-state index contributed by atoms with van der Waals surface area (Å²) in [5.41, 5.74) is 2.96. The Balaban J connectivity index is 1.67. The minimum absolute atomic E-state index is 0.0125. The first-order valence-electron chi connectivity index (χ1n) is 9.55. The molecule has 1 N–H and O–H groups in total. The van der Waals surface area contributed by atoms with Crippen LogP contribution in [0.3, 0.4) is 0 Å². The van der Waals surface area contributed by atoms with Gasteiger partial charge in [0.25, 0.3) is 0 Å². The predicted octanol–water partition coefficient (Wildman–Crippen LogP) is 2.64. The number of nitrogens with one attached hydrogen (secondary N) is 1. The highest BCUT2D eigenvalue weighted by Gasteiger charge is 2.22. The summed E-state index contributed by atoms with van der Waals surface area (Å²) in [6, 6.07) is 12.4. The molecule has 3 rings (SSSR count). The van der Waals surface area contributed by atoms with E-state index in [9.17, 15) is 13.2 Å². The zero-order chi connectivity index (χ0) is 21.7. The van der Waals surface area contributed by atoms with Gasteiger partial charge in [-0.05, 0) is 42.3 Å². The number of carbonyl (C=O) groups excluding carboxylic acids is 1. The van der Waals surface area contributed by atoms with Crippen molar-refractivity contribution in [2.45, 2.75) is 19.8 Å². The quantitative estimate of drug-likeness (QED) is 0.693. The van der Waals surface area contributed by atoms with Crippen molar-refractivity contribution < 1.29 is 22.7 Å². The van der Waals surface area contributed by atoms with E-state index >= 15 is 0 Å². The third-order valence-electron chi connectivity index (χ3n) is 4.76. The van der Waals surface area contributed by atoms with E-state index < -0.39 is 10.0 Å². The Morgan fingerprint density at radius 3 is 2.43 bits per heavy atom. The molecule has 2 aromatic carbocycles. The van der Waals surface area contributed by atoms with Gasteiger partial charge in [-0.1, -0.05) is 18.2 Å². The van der Waals surface area contributed by atoms with Crippen molar-refractivity contribution in [1.82, 2.24) is 5.01 Å². The smallest absolute Gasteiger partial charge is 0.247 e. The maximum absolute atomic E-state index is 12.7. The Morgan fingerprint density at radius 2 is 1.80 bits per heavy atom. The molecular weight excluding hydrogens is 406 g/mol. The van der Waals surface area contributed by atoms with Gasteiger partial charge in [-0.3, -0.25) is 9.52 Å². The van der Waals surface area contributed by atoms with Gasteiger partial charge < -0.3 is 9.47 Å². The van der Waals surface area contributed by atoms with Crippen LogP contribution in [0.4, 0.5) is 5.69 Å². The van der Waals surface area contributed by atoms with Gasteiger partial charge >= 0.3 is 0 Å². The molecule has 0 atom stereocenters. The molecule has 1 heterocycles. The minimum Gasteiger partial charge on any atom is -0.493 e. The Morgan fingerprint density at radius 1 is 1.10 bits per heavy atom. The Bertz CT molecular complexity index is 1050. The van der Waals surface area contributed by atoms with Crippen LogP contribution in [-0.4, -0.2) is 51.6 Å². The Labute approximate surface area is 176 Å². The Kier molecular flexibility index (Phi) is 6.61. The van der Waals surface area contributed by atoms with Crippen LogP contribution in [0.1, 0.15) is 24.5 Å². The van der Waals surface area contributed by atoms with E-state index in [2.05, 4.69) is 9.82 Å². The SMILES string of the molecule is CCS(=O)(=O)Nc1ccc(C2=NN(C(=O)Cc3ccc(OC)c(OC)c3)CC2)cc1. The average molecular weight is 432 g/mol. The number of hydrazone groups is 1. The van der Waals surface area contributed by atoms with Crippen molar-refractivity contribution in [2.75, 3.05) is 31.2 Å². The molecule has 1 aliphatic heterocycles. The third kappa shape index (κ3) is 5.10. The topological polar surface area (TPSA) is 97.3 Å². The summed E-state index contributed by atoms with van der Waals surface area (Å²) >= 11 is 0. The van der Waals surface area contributed by atoms with Crippen LogP contribution in [0.25, 0.3) is 0 Å². The molecule has 160 valence electrons. The molecule has 0 spiro atoms. The number of hydrogen-bond donors (Lipinski definition) is 1. The monoisotopic (exact) mass is 431 g/mol. The zero-order valence-electron chi connectivity index (χ0n) is 17.2. The second kappa shape index (κ2) is 9.17. The molecule has 1 aliphatic rings. The van der Waals surface area contributed by atoms with E-state index in [-0.39, 0.29) is 18.1 Å². The lowest BCUT2D eigenvalue weighted by atomic mass is 10.1. The van der Waals surface area contributed by atoms with Crippen LogP contribution < -0.4 is 14.2 Å². The highest BCUT2D eigenvalue weighted by molar-refractivity contribution is 7.92. The van der Waals surface area contributed by atoms with Gasteiger partial charge in [0.1, 0.15) is 0 Å². The minimum atomic E-state index is -3.31. The fraction of sp³-hybridized carbons (Fsp3) is 0.333. The number of anilines is 1. The molecule has 2 aromatic rings. The number of nitrogens with zero attached hydrogens (tertiary/aromatic N) is 2. The highest BCUT2D eigenvalue weighted by atomic mass is 32.2. The lowest BCUT2D eigenvalue weighted by molar-refractivity contribution is -0.130. The van der Waals surface area contributed by atoms with Crippen molar-refractivity contribution in [2.24, 2.45) is 5.10 Å². The van der Waals surface area contributed by atoms with Crippen molar-refractivity contribution in [3.05, 3.63) is 53.6 Å². The number of rotatable bonds is 8. The molecule has 9 heteroatoms. The van der Waals surface area contributed by atoms with Gasteiger partial charge in [-0.15, -0.1) is 0 Å². The molecular formula is C21H25N3O5S. The third-order valence-corrected chi connectivity index (χ3v) is 6.07. The molecule has 0 unspecified atom stereocenters. The molecule has 0 aliphatic carbocycles. The van der Waals surface area contributed by atoms with Gasteiger partial charge in [0.15, 0.2) is 11.5 Å². The average Bonchev–Trinajstić information content (AvgIpc) is 3.24. The fourth-order valence-electron chi connectivity index (χ4n) is 3.08. The van der Waals surface area contributed by atoms with Crippen LogP contribution in [-0.2, 0) is 21.2 Å².